The SMILES string of the molecule is N#Cc1ccc(NC(=O)CCNC(=O)c2cccs2)cc1. The molecule has 0 aliphatic carbocycles. The molecule has 0 radical (unpaired) electrons. The first-order chi connectivity index (χ1) is 10.2. The van der Waals surface area contributed by atoms with E-state index in [0.717, 1.165) is 0 Å². The molecule has 0 saturated carbocycles. The molecule has 2 N–H and O–H groups in total. The molecule has 1 aromatic heterocycles. The maximum Gasteiger partial charge on any atom is 0.261 e. The Morgan fingerprint density at radius 2 is 1.95 bits per heavy atom. The lowest BCUT2D eigenvalue weighted by Crippen LogP contribution is -2.27. The molecule has 0 unspecified atom stereocenters. The van der Waals surface area contributed by atoms with Crippen molar-refractivity contribution < 1.29 is 9.59 Å². The van der Waals surface area contributed by atoms with E-state index in [-0.39, 0.29) is 24.8 Å². The predicted octanol–water partition coefficient (Wildman–Crippen LogP) is 2.38. The number of thiophene rings is 1. The largest absolute Gasteiger partial charge is 0.351 e. The van der Waals surface area contributed by atoms with Crippen molar-refractivity contribution in [1.82, 2.24) is 5.32 Å². The van der Waals surface area contributed by atoms with E-state index in [1.165, 1.54) is 11.3 Å². The van der Waals surface area contributed by atoms with Crippen molar-refractivity contribution in [3.8, 4) is 6.07 Å². The van der Waals surface area contributed by atoms with E-state index in [4.69, 9.17) is 5.26 Å². The molecule has 0 spiro atoms. The number of rotatable bonds is 5. The minimum atomic E-state index is -0.189. The number of nitriles is 1. The minimum Gasteiger partial charge on any atom is -0.351 e. The maximum absolute atomic E-state index is 11.7. The monoisotopic (exact) mass is 299 g/mol. The molecule has 2 amide bonds. The van der Waals surface area contributed by atoms with Crippen LogP contribution in [0, 0.1) is 11.3 Å². The molecule has 0 bridgehead atoms. The third-order valence-electron chi connectivity index (χ3n) is 2.68. The Morgan fingerprint density at radius 3 is 2.57 bits per heavy atom. The second-order valence-corrected chi connectivity index (χ2v) is 5.17. The van der Waals surface area contributed by atoms with Gasteiger partial charge in [-0.1, -0.05) is 6.07 Å². The van der Waals surface area contributed by atoms with Crippen LogP contribution in [-0.4, -0.2) is 18.4 Å². The fraction of sp³-hybridized carbons (Fsp3) is 0.133. The van der Waals surface area contributed by atoms with Crippen molar-refractivity contribution in [3.05, 3.63) is 52.2 Å². The van der Waals surface area contributed by atoms with Crippen LogP contribution < -0.4 is 10.6 Å². The summed E-state index contributed by atoms with van der Waals surface area (Å²) in [6.07, 6.45) is 0.192. The van der Waals surface area contributed by atoms with Gasteiger partial charge in [-0.15, -0.1) is 11.3 Å². The second kappa shape index (κ2) is 7.22. The van der Waals surface area contributed by atoms with Gasteiger partial charge >= 0.3 is 0 Å². The fourth-order valence-electron chi connectivity index (χ4n) is 1.64. The lowest BCUT2D eigenvalue weighted by Gasteiger charge is -2.06. The summed E-state index contributed by atoms with van der Waals surface area (Å²) in [6, 6.07) is 12.1. The molecule has 0 fully saturated rings. The number of benzene rings is 1. The number of hydrogen-bond donors (Lipinski definition) is 2. The van der Waals surface area contributed by atoms with Gasteiger partial charge in [-0.25, -0.2) is 0 Å². The summed E-state index contributed by atoms with van der Waals surface area (Å²) in [5, 5.41) is 15.9. The Labute approximate surface area is 126 Å². The van der Waals surface area contributed by atoms with Crippen LogP contribution >= 0.6 is 11.3 Å². The van der Waals surface area contributed by atoms with Gasteiger partial charge in [0.1, 0.15) is 0 Å². The zero-order valence-electron chi connectivity index (χ0n) is 11.1. The van der Waals surface area contributed by atoms with E-state index in [0.29, 0.717) is 16.1 Å². The molecule has 0 aliphatic rings. The smallest absolute Gasteiger partial charge is 0.261 e. The van der Waals surface area contributed by atoms with Gasteiger partial charge in [0.2, 0.25) is 5.91 Å². The van der Waals surface area contributed by atoms with Gasteiger partial charge in [0.05, 0.1) is 16.5 Å². The first-order valence-corrected chi connectivity index (χ1v) is 7.19. The molecular formula is C15H13N3O2S. The highest BCUT2D eigenvalue weighted by Crippen LogP contribution is 2.09. The van der Waals surface area contributed by atoms with Crippen molar-refractivity contribution in [3.63, 3.8) is 0 Å². The highest BCUT2D eigenvalue weighted by atomic mass is 32.1. The Kier molecular flexibility index (Phi) is 5.07. The molecule has 0 atom stereocenters. The molecule has 6 heteroatoms. The summed E-state index contributed by atoms with van der Waals surface area (Å²) in [5.41, 5.74) is 1.17. The number of nitrogens with one attached hydrogen (secondary N) is 2. The Bertz CT molecular complexity index is 657. The molecular weight excluding hydrogens is 286 g/mol. The number of nitrogens with zero attached hydrogens (tertiary/aromatic N) is 1. The van der Waals surface area contributed by atoms with E-state index < -0.39 is 0 Å². The summed E-state index contributed by atoms with van der Waals surface area (Å²) >= 11 is 1.36. The second-order valence-electron chi connectivity index (χ2n) is 4.22. The van der Waals surface area contributed by atoms with Gasteiger partial charge in [-0.3, -0.25) is 9.59 Å². The fourth-order valence-corrected chi connectivity index (χ4v) is 2.28. The van der Waals surface area contributed by atoms with Gasteiger partial charge in [0, 0.05) is 18.7 Å². The molecule has 1 aromatic carbocycles. The molecule has 106 valence electrons. The van der Waals surface area contributed by atoms with Crippen molar-refractivity contribution in [2.75, 3.05) is 11.9 Å². The van der Waals surface area contributed by atoms with Crippen LogP contribution in [-0.2, 0) is 4.79 Å². The summed E-state index contributed by atoms with van der Waals surface area (Å²) in [6.45, 7) is 0.277. The molecule has 5 nitrogen and oxygen atoms in total. The van der Waals surface area contributed by atoms with Gasteiger partial charge < -0.3 is 10.6 Å². The zero-order valence-corrected chi connectivity index (χ0v) is 11.9. The molecule has 0 aliphatic heterocycles. The predicted molar refractivity (Wildman–Crippen MR) is 81.1 cm³/mol. The number of amides is 2. The third-order valence-corrected chi connectivity index (χ3v) is 3.55. The summed E-state index contributed by atoms with van der Waals surface area (Å²) < 4.78 is 0. The van der Waals surface area contributed by atoms with Crippen molar-refractivity contribution in [2.24, 2.45) is 0 Å². The number of carbonyl (C=O) groups is 2. The van der Waals surface area contributed by atoms with Gasteiger partial charge in [0.15, 0.2) is 0 Å². The Hall–Kier alpha value is -2.65. The van der Waals surface area contributed by atoms with Gasteiger partial charge in [-0.05, 0) is 35.7 Å². The molecule has 21 heavy (non-hydrogen) atoms. The normalized spacial score (nSPS) is 9.67. The zero-order chi connectivity index (χ0) is 15.1. The van der Waals surface area contributed by atoms with E-state index in [1.807, 2.05) is 11.4 Å². The first-order valence-electron chi connectivity index (χ1n) is 6.31. The van der Waals surface area contributed by atoms with Crippen molar-refractivity contribution >= 4 is 28.8 Å². The Balaban J connectivity index is 1.74. The lowest BCUT2D eigenvalue weighted by atomic mass is 10.2. The quantitative estimate of drug-likeness (QED) is 0.889. The van der Waals surface area contributed by atoms with Crippen molar-refractivity contribution in [2.45, 2.75) is 6.42 Å². The molecule has 1 heterocycles. The van der Waals surface area contributed by atoms with Crippen LogP contribution in [0.4, 0.5) is 5.69 Å². The van der Waals surface area contributed by atoms with Crippen LogP contribution in [0.25, 0.3) is 0 Å². The first kappa shape index (κ1) is 14.8. The number of carbonyl (C=O) groups excluding carboxylic acids is 2. The van der Waals surface area contributed by atoms with E-state index >= 15 is 0 Å². The van der Waals surface area contributed by atoms with Crippen LogP contribution in [0.2, 0.25) is 0 Å². The Morgan fingerprint density at radius 1 is 1.19 bits per heavy atom. The minimum absolute atomic E-state index is 0.170. The number of hydrogen-bond acceptors (Lipinski definition) is 4. The molecule has 2 rings (SSSR count). The molecule has 2 aromatic rings. The standard InChI is InChI=1S/C15H13N3O2S/c16-10-11-3-5-12(6-4-11)18-14(19)7-8-17-15(20)13-2-1-9-21-13/h1-6,9H,7-8H2,(H,17,20)(H,18,19). The lowest BCUT2D eigenvalue weighted by molar-refractivity contribution is -0.116. The van der Waals surface area contributed by atoms with Gasteiger partial charge in [0.25, 0.3) is 5.91 Å². The van der Waals surface area contributed by atoms with Crippen LogP contribution in [0.1, 0.15) is 21.7 Å². The summed E-state index contributed by atoms with van der Waals surface area (Å²) in [5.74, 6) is -0.359. The third kappa shape index (κ3) is 4.44. The van der Waals surface area contributed by atoms with E-state index in [1.54, 1.807) is 36.4 Å². The summed E-state index contributed by atoms with van der Waals surface area (Å²) in [7, 11) is 0. The summed E-state index contributed by atoms with van der Waals surface area (Å²) in [4.78, 5) is 24.0. The van der Waals surface area contributed by atoms with Crippen LogP contribution in [0.3, 0.4) is 0 Å². The maximum atomic E-state index is 11.7. The highest BCUT2D eigenvalue weighted by molar-refractivity contribution is 7.12. The van der Waals surface area contributed by atoms with Crippen LogP contribution in [0.15, 0.2) is 41.8 Å². The highest BCUT2D eigenvalue weighted by Gasteiger charge is 2.07. The van der Waals surface area contributed by atoms with E-state index in [2.05, 4.69) is 10.6 Å². The molecule has 0 saturated heterocycles. The topological polar surface area (TPSA) is 82.0 Å². The van der Waals surface area contributed by atoms with Gasteiger partial charge in [-0.2, -0.15) is 5.26 Å². The average molecular weight is 299 g/mol. The van der Waals surface area contributed by atoms with Crippen molar-refractivity contribution in [1.29, 1.82) is 5.26 Å². The van der Waals surface area contributed by atoms with Crippen LogP contribution in [0.5, 0.6) is 0 Å². The van der Waals surface area contributed by atoms with E-state index in [9.17, 15) is 9.59 Å². The average Bonchev–Trinajstić information content (AvgIpc) is 3.02. The number of anilines is 1.